The van der Waals surface area contributed by atoms with E-state index in [0.29, 0.717) is 12.8 Å². The molecule has 2 fully saturated rings. The standard InChI is InChI=1S/C9H13NO2S/c10-6-7-4-8-2-1-3-9(5-7)13(8,11)12/h7-9H,1-5H2. The van der Waals surface area contributed by atoms with Crippen molar-refractivity contribution >= 4 is 9.84 Å². The zero-order valence-corrected chi connectivity index (χ0v) is 8.26. The molecule has 0 saturated carbocycles. The van der Waals surface area contributed by atoms with Gasteiger partial charge in [-0.25, -0.2) is 8.42 Å². The minimum Gasteiger partial charge on any atom is -0.228 e. The molecule has 0 aromatic rings. The van der Waals surface area contributed by atoms with Crippen molar-refractivity contribution in [2.75, 3.05) is 0 Å². The molecule has 2 saturated heterocycles. The van der Waals surface area contributed by atoms with Gasteiger partial charge in [-0.3, -0.25) is 0 Å². The van der Waals surface area contributed by atoms with E-state index in [9.17, 15) is 8.42 Å². The van der Waals surface area contributed by atoms with Crippen molar-refractivity contribution in [2.24, 2.45) is 5.92 Å². The maximum absolute atomic E-state index is 11.7. The third kappa shape index (κ3) is 1.35. The first-order valence-electron chi connectivity index (χ1n) is 4.77. The molecule has 2 aliphatic rings. The lowest BCUT2D eigenvalue weighted by atomic mass is 9.91. The molecule has 0 aliphatic carbocycles. The van der Waals surface area contributed by atoms with Crippen molar-refractivity contribution in [1.82, 2.24) is 0 Å². The summed E-state index contributed by atoms with van der Waals surface area (Å²) in [7, 11) is -2.86. The molecule has 0 aromatic carbocycles. The Bertz CT molecular complexity index is 321. The molecular formula is C9H13NO2S. The second-order valence-corrected chi connectivity index (χ2v) is 6.57. The molecule has 0 amide bonds. The summed E-state index contributed by atoms with van der Waals surface area (Å²) in [5.74, 6) is -0.0150. The zero-order chi connectivity index (χ0) is 9.47. The van der Waals surface area contributed by atoms with Crippen LogP contribution in [0.25, 0.3) is 0 Å². The highest BCUT2D eigenvalue weighted by Crippen LogP contribution is 2.38. The van der Waals surface area contributed by atoms with Gasteiger partial charge in [0.25, 0.3) is 0 Å². The normalized spacial score (nSPS) is 42.2. The predicted molar refractivity (Wildman–Crippen MR) is 48.7 cm³/mol. The van der Waals surface area contributed by atoms with Crippen LogP contribution in [0, 0.1) is 17.2 Å². The van der Waals surface area contributed by atoms with Gasteiger partial charge < -0.3 is 0 Å². The van der Waals surface area contributed by atoms with E-state index in [-0.39, 0.29) is 16.4 Å². The molecule has 13 heavy (non-hydrogen) atoms. The van der Waals surface area contributed by atoms with E-state index < -0.39 is 9.84 Å². The molecule has 72 valence electrons. The van der Waals surface area contributed by atoms with E-state index in [2.05, 4.69) is 6.07 Å². The topological polar surface area (TPSA) is 57.9 Å². The minimum absolute atomic E-state index is 0.0150. The Labute approximate surface area is 78.7 Å². The Kier molecular flexibility index (Phi) is 2.07. The summed E-state index contributed by atoms with van der Waals surface area (Å²) in [5.41, 5.74) is 0. The van der Waals surface area contributed by atoms with Crippen molar-refractivity contribution in [1.29, 1.82) is 5.26 Å². The van der Waals surface area contributed by atoms with Gasteiger partial charge in [-0.05, 0) is 25.7 Å². The second-order valence-electron chi connectivity index (χ2n) is 4.06. The first-order valence-corrected chi connectivity index (χ1v) is 6.38. The fraction of sp³-hybridized carbons (Fsp3) is 0.889. The van der Waals surface area contributed by atoms with Crippen LogP contribution in [-0.2, 0) is 9.84 Å². The summed E-state index contributed by atoms with van der Waals surface area (Å²) in [5, 5.41) is 8.36. The number of hydrogen-bond donors (Lipinski definition) is 0. The lowest BCUT2D eigenvalue weighted by Crippen LogP contribution is -2.43. The van der Waals surface area contributed by atoms with Gasteiger partial charge in [0.15, 0.2) is 9.84 Å². The maximum Gasteiger partial charge on any atom is 0.156 e. The zero-order valence-electron chi connectivity index (χ0n) is 7.44. The fourth-order valence-electron chi connectivity index (χ4n) is 2.51. The average molecular weight is 199 g/mol. The first-order chi connectivity index (χ1) is 6.14. The molecule has 0 aromatic heterocycles. The van der Waals surface area contributed by atoms with Crippen molar-refractivity contribution in [3.05, 3.63) is 0 Å². The molecule has 2 aliphatic heterocycles. The van der Waals surface area contributed by atoms with Crippen molar-refractivity contribution < 1.29 is 8.42 Å². The SMILES string of the molecule is N#CC1CC2CCCC(C1)S2(=O)=O. The van der Waals surface area contributed by atoms with E-state index >= 15 is 0 Å². The van der Waals surface area contributed by atoms with Crippen molar-refractivity contribution in [2.45, 2.75) is 42.6 Å². The van der Waals surface area contributed by atoms with E-state index in [1.54, 1.807) is 0 Å². The average Bonchev–Trinajstić information content (AvgIpc) is 2.02. The van der Waals surface area contributed by atoms with Gasteiger partial charge in [0.2, 0.25) is 0 Å². The van der Waals surface area contributed by atoms with Gasteiger partial charge in [0.1, 0.15) is 0 Å². The lowest BCUT2D eigenvalue weighted by molar-refractivity contribution is 0.389. The highest BCUT2D eigenvalue weighted by atomic mass is 32.2. The van der Waals surface area contributed by atoms with E-state index in [1.807, 2.05) is 0 Å². The van der Waals surface area contributed by atoms with Crippen LogP contribution < -0.4 is 0 Å². The Morgan fingerprint density at radius 1 is 1.15 bits per heavy atom. The predicted octanol–water partition coefficient (Wildman–Crippen LogP) is 1.26. The van der Waals surface area contributed by atoms with Crippen LogP contribution in [0.1, 0.15) is 32.1 Å². The van der Waals surface area contributed by atoms with Gasteiger partial charge in [-0.1, -0.05) is 6.42 Å². The Morgan fingerprint density at radius 3 is 2.15 bits per heavy atom. The molecule has 2 heterocycles. The maximum atomic E-state index is 11.7. The monoisotopic (exact) mass is 199 g/mol. The largest absolute Gasteiger partial charge is 0.228 e. The van der Waals surface area contributed by atoms with Crippen LogP contribution in [-0.4, -0.2) is 18.9 Å². The number of hydrogen-bond acceptors (Lipinski definition) is 3. The van der Waals surface area contributed by atoms with E-state index in [4.69, 9.17) is 5.26 Å². The van der Waals surface area contributed by atoms with Crippen LogP contribution in [0.15, 0.2) is 0 Å². The quantitative estimate of drug-likeness (QED) is 0.590. The van der Waals surface area contributed by atoms with Crippen molar-refractivity contribution in [3.8, 4) is 6.07 Å². The second kappa shape index (κ2) is 2.98. The fourth-order valence-corrected chi connectivity index (χ4v) is 5.05. The van der Waals surface area contributed by atoms with E-state index in [0.717, 1.165) is 19.3 Å². The number of rotatable bonds is 0. The third-order valence-electron chi connectivity index (χ3n) is 3.26. The van der Waals surface area contributed by atoms with Gasteiger partial charge in [-0.2, -0.15) is 5.26 Å². The van der Waals surface area contributed by atoms with Crippen LogP contribution in [0.3, 0.4) is 0 Å². The third-order valence-corrected chi connectivity index (χ3v) is 5.97. The molecule has 0 N–H and O–H groups in total. The van der Waals surface area contributed by atoms with Crippen LogP contribution in [0.4, 0.5) is 0 Å². The number of fused-ring (bicyclic) bond motifs is 2. The lowest BCUT2D eigenvalue weighted by Gasteiger charge is -2.36. The summed E-state index contributed by atoms with van der Waals surface area (Å²) in [6, 6.07) is 2.21. The Morgan fingerprint density at radius 2 is 1.69 bits per heavy atom. The highest BCUT2D eigenvalue weighted by molar-refractivity contribution is 7.92. The molecule has 2 atom stereocenters. The number of nitrogens with zero attached hydrogens (tertiary/aromatic N) is 1. The van der Waals surface area contributed by atoms with Gasteiger partial charge in [0.05, 0.1) is 16.6 Å². The molecule has 2 bridgehead atoms. The summed E-state index contributed by atoms with van der Waals surface area (Å²) in [6.45, 7) is 0. The van der Waals surface area contributed by atoms with Gasteiger partial charge in [0, 0.05) is 5.92 Å². The minimum atomic E-state index is -2.86. The summed E-state index contributed by atoms with van der Waals surface area (Å²) >= 11 is 0. The van der Waals surface area contributed by atoms with E-state index in [1.165, 1.54) is 0 Å². The summed E-state index contributed by atoms with van der Waals surface area (Å²) in [4.78, 5) is 0. The van der Waals surface area contributed by atoms with Gasteiger partial charge in [-0.15, -0.1) is 0 Å². The van der Waals surface area contributed by atoms with Crippen LogP contribution in [0.5, 0.6) is 0 Å². The van der Waals surface area contributed by atoms with Crippen molar-refractivity contribution in [3.63, 3.8) is 0 Å². The Balaban J connectivity index is 2.28. The molecule has 2 unspecified atom stereocenters. The summed E-state index contributed by atoms with van der Waals surface area (Å²) in [6.07, 6.45) is 3.73. The molecule has 0 spiro atoms. The molecule has 4 heteroatoms. The molecule has 0 radical (unpaired) electrons. The molecular weight excluding hydrogens is 186 g/mol. The Hall–Kier alpha value is -0.560. The molecule has 3 nitrogen and oxygen atoms in total. The summed E-state index contributed by atoms with van der Waals surface area (Å²) < 4.78 is 23.5. The molecule has 2 rings (SSSR count). The first kappa shape index (κ1) is 9.01. The number of nitriles is 1. The van der Waals surface area contributed by atoms with Crippen LogP contribution >= 0.6 is 0 Å². The number of sulfone groups is 1. The van der Waals surface area contributed by atoms with Gasteiger partial charge >= 0.3 is 0 Å². The smallest absolute Gasteiger partial charge is 0.156 e. The van der Waals surface area contributed by atoms with Crippen LogP contribution in [0.2, 0.25) is 0 Å². The highest BCUT2D eigenvalue weighted by Gasteiger charge is 2.44.